The predicted molar refractivity (Wildman–Crippen MR) is 148 cm³/mol. The van der Waals surface area contributed by atoms with E-state index in [1.54, 1.807) is 11.9 Å². The number of halogens is 3. The van der Waals surface area contributed by atoms with Crippen molar-refractivity contribution in [1.29, 1.82) is 0 Å². The zero-order valence-electron chi connectivity index (χ0n) is 21.6. The number of alkyl halides is 3. The van der Waals surface area contributed by atoms with Gasteiger partial charge in [-0.2, -0.15) is 5.10 Å². The monoisotopic (exact) mass is 571 g/mol. The SMILES string of the molecule is CC(C)c1ccccc1N1C(=O)CS/C1=N/N=C/C(=O)Nc1cnc(N(C)c2ccc(OC(F)(F)F)cc2)nc1. The van der Waals surface area contributed by atoms with Crippen LogP contribution >= 0.6 is 11.8 Å². The molecule has 1 N–H and O–H groups in total. The average Bonchev–Trinajstić information content (AvgIpc) is 3.28. The lowest BCUT2D eigenvalue weighted by Crippen LogP contribution is -2.30. The Hall–Kier alpha value is -4.46. The van der Waals surface area contributed by atoms with Crippen molar-refractivity contribution in [3.05, 3.63) is 66.5 Å². The first kappa shape index (κ1) is 28.5. The number of amidine groups is 1. The largest absolute Gasteiger partial charge is 0.573 e. The maximum absolute atomic E-state index is 12.6. The summed E-state index contributed by atoms with van der Waals surface area (Å²) in [6.07, 6.45) is -1.06. The van der Waals surface area contributed by atoms with Crippen LogP contribution in [0.15, 0.2) is 71.1 Å². The first-order chi connectivity index (χ1) is 19.0. The second kappa shape index (κ2) is 12.2. The molecular formula is C26H24F3N7O3S. The third kappa shape index (κ3) is 7.14. The van der Waals surface area contributed by atoms with Crippen molar-refractivity contribution in [2.75, 3.05) is 27.9 Å². The van der Waals surface area contributed by atoms with Crippen LogP contribution in [-0.2, 0) is 9.59 Å². The minimum atomic E-state index is -4.77. The number of rotatable bonds is 8. The standard InChI is InChI=1S/C26H24F3N7O3S/c1-16(2)20-6-4-5-7-21(20)36-23(38)15-40-25(36)34-32-14-22(37)33-17-12-30-24(31-13-17)35(3)18-8-10-19(11-9-18)39-26(27,28)29/h4-14,16H,15H2,1-3H3,(H,33,37)/b32-14+,34-25+. The Balaban J connectivity index is 1.38. The van der Waals surface area contributed by atoms with E-state index in [-0.39, 0.29) is 35.0 Å². The number of amides is 2. The van der Waals surface area contributed by atoms with Gasteiger partial charge in [-0.15, -0.1) is 18.3 Å². The molecule has 0 atom stereocenters. The van der Waals surface area contributed by atoms with Gasteiger partial charge in [-0.05, 0) is 41.8 Å². The van der Waals surface area contributed by atoms with Crippen LogP contribution in [0.2, 0.25) is 0 Å². The number of thioether (sulfide) groups is 1. The molecule has 40 heavy (non-hydrogen) atoms. The van der Waals surface area contributed by atoms with E-state index in [1.807, 2.05) is 38.1 Å². The van der Waals surface area contributed by atoms with Crippen LogP contribution < -0.4 is 19.9 Å². The van der Waals surface area contributed by atoms with Crippen LogP contribution in [0.25, 0.3) is 0 Å². The molecule has 2 heterocycles. The van der Waals surface area contributed by atoms with Gasteiger partial charge in [-0.3, -0.25) is 14.5 Å². The lowest BCUT2D eigenvalue weighted by molar-refractivity contribution is -0.274. The Morgan fingerprint density at radius 3 is 2.48 bits per heavy atom. The van der Waals surface area contributed by atoms with Gasteiger partial charge in [0.15, 0.2) is 5.17 Å². The summed E-state index contributed by atoms with van der Waals surface area (Å²) in [5, 5.41) is 10.9. The molecular weight excluding hydrogens is 547 g/mol. The Morgan fingerprint density at radius 2 is 1.82 bits per heavy atom. The van der Waals surface area contributed by atoms with Crippen LogP contribution in [0, 0.1) is 0 Å². The summed E-state index contributed by atoms with van der Waals surface area (Å²) in [5.74, 6) is -0.399. The van der Waals surface area contributed by atoms with E-state index in [4.69, 9.17) is 0 Å². The Labute approximate surface area is 232 Å². The van der Waals surface area contributed by atoms with Crippen LogP contribution in [0.5, 0.6) is 5.75 Å². The van der Waals surface area contributed by atoms with Crippen LogP contribution in [0.3, 0.4) is 0 Å². The molecule has 1 saturated heterocycles. The average molecular weight is 572 g/mol. The first-order valence-electron chi connectivity index (χ1n) is 11.9. The van der Waals surface area contributed by atoms with Crippen molar-refractivity contribution >= 4 is 58.0 Å². The number of para-hydroxylation sites is 1. The van der Waals surface area contributed by atoms with E-state index >= 15 is 0 Å². The highest BCUT2D eigenvalue weighted by Crippen LogP contribution is 2.33. The minimum absolute atomic E-state index is 0.121. The van der Waals surface area contributed by atoms with Gasteiger partial charge in [0.05, 0.1) is 29.5 Å². The van der Waals surface area contributed by atoms with Crippen molar-refractivity contribution in [1.82, 2.24) is 9.97 Å². The molecule has 2 aromatic carbocycles. The molecule has 1 aromatic heterocycles. The fraction of sp³-hybridized carbons (Fsp3) is 0.231. The Morgan fingerprint density at radius 1 is 1.15 bits per heavy atom. The molecule has 1 aliphatic heterocycles. The number of nitrogens with zero attached hydrogens (tertiary/aromatic N) is 6. The summed E-state index contributed by atoms with van der Waals surface area (Å²) in [6.45, 7) is 4.07. The number of nitrogens with one attached hydrogen (secondary N) is 1. The topological polar surface area (TPSA) is 112 Å². The van der Waals surface area contributed by atoms with Crippen molar-refractivity contribution in [2.45, 2.75) is 26.1 Å². The summed E-state index contributed by atoms with van der Waals surface area (Å²) in [4.78, 5) is 36.3. The zero-order valence-corrected chi connectivity index (χ0v) is 22.4. The number of anilines is 4. The minimum Gasteiger partial charge on any atom is -0.406 e. The summed E-state index contributed by atoms with van der Waals surface area (Å²) >= 11 is 1.23. The van der Waals surface area contributed by atoms with E-state index in [9.17, 15) is 22.8 Å². The molecule has 0 unspecified atom stereocenters. The van der Waals surface area contributed by atoms with E-state index < -0.39 is 12.3 Å². The molecule has 4 rings (SSSR count). The van der Waals surface area contributed by atoms with Gasteiger partial charge in [0, 0.05) is 12.7 Å². The number of hydrogen-bond donors (Lipinski definition) is 1. The molecule has 14 heteroatoms. The maximum Gasteiger partial charge on any atom is 0.573 e. The lowest BCUT2D eigenvalue weighted by atomic mass is 10.0. The smallest absolute Gasteiger partial charge is 0.406 e. The molecule has 208 valence electrons. The second-order valence-corrected chi connectivity index (χ2v) is 9.66. The number of carbonyl (C=O) groups excluding carboxylic acids is 2. The molecule has 1 fully saturated rings. The highest BCUT2D eigenvalue weighted by molar-refractivity contribution is 8.15. The van der Waals surface area contributed by atoms with Crippen LogP contribution in [-0.4, -0.2) is 52.3 Å². The molecule has 3 aromatic rings. The highest BCUT2D eigenvalue weighted by atomic mass is 32.2. The van der Waals surface area contributed by atoms with Crippen molar-refractivity contribution in [3.63, 3.8) is 0 Å². The van der Waals surface area contributed by atoms with Gasteiger partial charge in [-0.1, -0.05) is 43.8 Å². The quantitative estimate of drug-likeness (QED) is 0.287. The van der Waals surface area contributed by atoms with E-state index in [0.29, 0.717) is 10.9 Å². The van der Waals surface area contributed by atoms with Gasteiger partial charge < -0.3 is 15.0 Å². The Kier molecular flexibility index (Phi) is 8.67. The molecule has 2 amide bonds. The zero-order chi connectivity index (χ0) is 28.9. The molecule has 1 aliphatic rings. The van der Waals surface area contributed by atoms with Gasteiger partial charge in [-0.25, -0.2) is 9.97 Å². The third-order valence-electron chi connectivity index (χ3n) is 5.55. The maximum atomic E-state index is 12.6. The summed E-state index contributed by atoms with van der Waals surface area (Å²) in [5.41, 5.74) is 2.53. The normalized spacial score (nSPS) is 14.8. The van der Waals surface area contributed by atoms with E-state index in [0.717, 1.165) is 17.5 Å². The summed E-state index contributed by atoms with van der Waals surface area (Å²) in [6, 6.07) is 12.8. The molecule has 0 aliphatic carbocycles. The van der Waals surface area contributed by atoms with Gasteiger partial charge in [0.1, 0.15) is 12.0 Å². The Bertz CT molecular complexity index is 1430. The second-order valence-electron chi connectivity index (χ2n) is 8.72. The number of carbonyl (C=O) groups is 2. The first-order valence-corrected chi connectivity index (χ1v) is 12.9. The van der Waals surface area contributed by atoms with E-state index in [1.165, 1.54) is 53.3 Å². The van der Waals surface area contributed by atoms with Crippen molar-refractivity contribution in [3.8, 4) is 5.75 Å². The number of benzene rings is 2. The number of hydrogen-bond acceptors (Lipinski definition) is 9. The number of aromatic nitrogens is 2. The molecule has 0 bridgehead atoms. The van der Waals surface area contributed by atoms with Crippen LogP contribution in [0.4, 0.5) is 36.2 Å². The van der Waals surface area contributed by atoms with Crippen molar-refractivity contribution in [2.24, 2.45) is 10.2 Å². The fourth-order valence-corrected chi connectivity index (χ4v) is 4.52. The third-order valence-corrected chi connectivity index (χ3v) is 6.46. The van der Waals surface area contributed by atoms with Gasteiger partial charge in [0.2, 0.25) is 11.9 Å². The molecule has 0 spiro atoms. The van der Waals surface area contributed by atoms with E-state index in [2.05, 4.69) is 30.2 Å². The molecule has 10 nitrogen and oxygen atoms in total. The van der Waals surface area contributed by atoms with Gasteiger partial charge in [0.25, 0.3) is 5.91 Å². The molecule has 0 saturated carbocycles. The summed E-state index contributed by atoms with van der Waals surface area (Å²) in [7, 11) is 1.63. The molecule has 0 radical (unpaired) electrons. The number of ether oxygens (including phenoxy) is 1. The lowest BCUT2D eigenvalue weighted by Gasteiger charge is -2.20. The highest BCUT2D eigenvalue weighted by Gasteiger charge is 2.32. The summed E-state index contributed by atoms with van der Waals surface area (Å²) < 4.78 is 40.9. The van der Waals surface area contributed by atoms with Gasteiger partial charge >= 0.3 is 6.36 Å². The van der Waals surface area contributed by atoms with Crippen LogP contribution in [0.1, 0.15) is 25.3 Å². The predicted octanol–water partition coefficient (Wildman–Crippen LogP) is 5.33. The van der Waals surface area contributed by atoms with Crippen molar-refractivity contribution < 1.29 is 27.5 Å². The fourth-order valence-electron chi connectivity index (χ4n) is 3.70.